The molecule has 0 atom stereocenters. The van der Waals surface area contributed by atoms with Gasteiger partial charge in [0, 0.05) is 31.2 Å². The van der Waals surface area contributed by atoms with Gasteiger partial charge in [-0.15, -0.1) is 0 Å². The Morgan fingerprint density at radius 3 is 2.21 bits per heavy atom. The first-order valence-electron chi connectivity index (χ1n) is 10.6. The molecule has 8 nitrogen and oxygen atoms in total. The molecule has 0 aromatic heterocycles. The minimum absolute atomic E-state index is 0.110. The summed E-state index contributed by atoms with van der Waals surface area (Å²) in [6.45, 7) is 1.33. The molecule has 0 fully saturated rings. The molecule has 0 aliphatic carbocycles. The van der Waals surface area contributed by atoms with Crippen molar-refractivity contribution in [1.29, 1.82) is 0 Å². The highest BCUT2D eigenvalue weighted by molar-refractivity contribution is 7.89. The zero-order chi connectivity index (χ0) is 24.2. The molecular formula is C23H30ClN3O5S. The van der Waals surface area contributed by atoms with Crippen LogP contribution in [0.5, 0.6) is 11.5 Å². The molecule has 0 radical (unpaired) electrons. The Balaban J connectivity index is 1.80. The second-order valence-corrected chi connectivity index (χ2v) is 10.5. The predicted molar refractivity (Wildman–Crippen MR) is 127 cm³/mol. The van der Waals surface area contributed by atoms with Crippen molar-refractivity contribution in [2.45, 2.75) is 17.9 Å². The highest BCUT2D eigenvalue weighted by Gasteiger charge is 2.30. The van der Waals surface area contributed by atoms with Gasteiger partial charge in [0.15, 0.2) is 11.5 Å². The van der Waals surface area contributed by atoms with Crippen molar-refractivity contribution in [2.24, 2.45) is 0 Å². The summed E-state index contributed by atoms with van der Waals surface area (Å²) in [6, 6.07) is 9.79. The van der Waals surface area contributed by atoms with Crippen LogP contribution in [0.15, 0.2) is 41.3 Å². The fraction of sp³-hybridized carbons (Fsp3) is 0.435. The van der Waals surface area contributed by atoms with Crippen molar-refractivity contribution in [3.05, 3.63) is 52.5 Å². The van der Waals surface area contributed by atoms with Crippen molar-refractivity contribution in [3.8, 4) is 11.5 Å². The predicted octanol–water partition coefficient (Wildman–Crippen LogP) is 2.49. The van der Waals surface area contributed by atoms with Crippen LogP contribution in [0, 0.1) is 0 Å². The summed E-state index contributed by atoms with van der Waals surface area (Å²) in [5, 5.41) is 0.448. The standard InChI is InChI=1S/C23H30ClN3O5S/c1-25(2)11-12-27(33(29,30)20-7-5-19(24)6-8-20)16-23(28)26-10-9-17-13-21(31-3)22(32-4)14-18(17)15-26/h5-8,13-14H,9-12,15-16H2,1-4H3. The average Bonchev–Trinajstić information content (AvgIpc) is 2.80. The van der Waals surface area contributed by atoms with E-state index in [-0.39, 0.29) is 23.9 Å². The van der Waals surface area contributed by atoms with Crippen molar-refractivity contribution >= 4 is 27.5 Å². The number of sulfonamides is 1. The van der Waals surface area contributed by atoms with Gasteiger partial charge in [-0.2, -0.15) is 4.31 Å². The number of amides is 1. The van der Waals surface area contributed by atoms with Gasteiger partial charge in [-0.3, -0.25) is 4.79 Å². The lowest BCUT2D eigenvalue weighted by Gasteiger charge is -2.32. The van der Waals surface area contributed by atoms with Gasteiger partial charge in [0.05, 0.1) is 25.7 Å². The first kappa shape index (κ1) is 25.3. The number of benzene rings is 2. The van der Waals surface area contributed by atoms with Gasteiger partial charge in [0.25, 0.3) is 0 Å². The largest absolute Gasteiger partial charge is 0.493 e. The molecule has 1 amide bonds. The van der Waals surface area contributed by atoms with Crippen molar-refractivity contribution < 1.29 is 22.7 Å². The van der Waals surface area contributed by atoms with E-state index in [1.807, 2.05) is 31.1 Å². The zero-order valence-corrected chi connectivity index (χ0v) is 20.9. The quantitative estimate of drug-likeness (QED) is 0.532. The zero-order valence-electron chi connectivity index (χ0n) is 19.4. The summed E-state index contributed by atoms with van der Waals surface area (Å²) in [6.07, 6.45) is 0.656. The van der Waals surface area contributed by atoms with E-state index >= 15 is 0 Å². The number of hydrogen-bond acceptors (Lipinski definition) is 6. The molecule has 1 heterocycles. The van der Waals surface area contributed by atoms with E-state index in [4.69, 9.17) is 21.1 Å². The minimum atomic E-state index is -3.86. The number of halogens is 1. The Kier molecular flexibility index (Phi) is 8.23. The first-order valence-corrected chi connectivity index (χ1v) is 12.4. The van der Waals surface area contributed by atoms with Gasteiger partial charge in [0.2, 0.25) is 15.9 Å². The van der Waals surface area contributed by atoms with Gasteiger partial charge in [-0.05, 0) is 68.0 Å². The number of likely N-dealkylation sites (N-methyl/N-ethyl adjacent to an activating group) is 1. The molecule has 0 unspecified atom stereocenters. The molecule has 0 saturated heterocycles. The first-order chi connectivity index (χ1) is 15.6. The van der Waals surface area contributed by atoms with Crippen molar-refractivity contribution in [2.75, 3.05) is 54.5 Å². The number of rotatable bonds is 9. The summed E-state index contributed by atoms with van der Waals surface area (Å²) in [5.74, 6) is 1.01. The molecular weight excluding hydrogens is 466 g/mol. The SMILES string of the molecule is COc1cc2c(cc1OC)CN(C(=O)CN(CCN(C)C)S(=O)(=O)c1ccc(Cl)cc1)CC2. The maximum atomic E-state index is 13.3. The Morgan fingerprint density at radius 1 is 1.03 bits per heavy atom. The van der Waals surface area contributed by atoms with Gasteiger partial charge < -0.3 is 19.3 Å². The Labute approximate surface area is 200 Å². The van der Waals surface area contributed by atoms with E-state index in [1.54, 1.807) is 19.1 Å². The molecule has 0 bridgehead atoms. The summed E-state index contributed by atoms with van der Waals surface area (Å²) in [7, 11) is 3.01. The van der Waals surface area contributed by atoms with Crippen LogP contribution in [0.2, 0.25) is 5.02 Å². The number of methoxy groups -OCH3 is 2. The lowest BCUT2D eigenvalue weighted by Crippen LogP contribution is -2.46. The number of ether oxygens (including phenoxy) is 2. The maximum Gasteiger partial charge on any atom is 0.243 e. The monoisotopic (exact) mass is 495 g/mol. The molecule has 2 aromatic carbocycles. The van der Waals surface area contributed by atoms with Gasteiger partial charge in [-0.25, -0.2) is 8.42 Å². The third-order valence-corrected chi connectivity index (χ3v) is 7.74. The molecule has 1 aliphatic heterocycles. The van der Waals surface area contributed by atoms with E-state index in [0.29, 0.717) is 42.6 Å². The second kappa shape index (κ2) is 10.7. The summed E-state index contributed by atoms with van der Waals surface area (Å²) in [5.41, 5.74) is 2.06. The maximum absolute atomic E-state index is 13.3. The molecule has 2 aromatic rings. The van der Waals surface area contributed by atoms with Crippen molar-refractivity contribution in [3.63, 3.8) is 0 Å². The van der Waals surface area contributed by atoms with Crippen LogP contribution in [0.3, 0.4) is 0 Å². The van der Waals surface area contributed by atoms with Gasteiger partial charge in [0.1, 0.15) is 0 Å². The molecule has 0 saturated carbocycles. The lowest BCUT2D eigenvalue weighted by molar-refractivity contribution is -0.132. The fourth-order valence-corrected chi connectivity index (χ4v) is 5.20. The molecule has 3 rings (SSSR count). The van der Waals surface area contributed by atoms with E-state index < -0.39 is 10.0 Å². The van der Waals surface area contributed by atoms with E-state index in [9.17, 15) is 13.2 Å². The normalized spacial score (nSPS) is 13.8. The Morgan fingerprint density at radius 2 is 1.64 bits per heavy atom. The number of hydrogen-bond donors (Lipinski definition) is 0. The van der Waals surface area contributed by atoms with Crippen LogP contribution in [0.25, 0.3) is 0 Å². The number of fused-ring (bicyclic) bond motifs is 1. The Hall–Kier alpha value is -2.33. The lowest BCUT2D eigenvalue weighted by atomic mass is 9.98. The smallest absolute Gasteiger partial charge is 0.243 e. The molecule has 0 spiro atoms. The van der Waals surface area contributed by atoms with Crippen LogP contribution < -0.4 is 9.47 Å². The second-order valence-electron chi connectivity index (χ2n) is 8.14. The van der Waals surface area contributed by atoms with Crippen LogP contribution >= 0.6 is 11.6 Å². The van der Waals surface area contributed by atoms with Gasteiger partial charge in [-0.1, -0.05) is 11.6 Å². The number of carbonyl (C=O) groups is 1. The Bertz CT molecular complexity index is 1090. The van der Waals surface area contributed by atoms with Crippen LogP contribution in [-0.2, 0) is 27.8 Å². The summed E-state index contributed by atoms with van der Waals surface area (Å²) < 4.78 is 38.6. The summed E-state index contributed by atoms with van der Waals surface area (Å²) >= 11 is 5.92. The minimum Gasteiger partial charge on any atom is -0.493 e. The number of carbonyl (C=O) groups excluding carboxylic acids is 1. The van der Waals surface area contributed by atoms with E-state index in [1.165, 1.54) is 28.6 Å². The van der Waals surface area contributed by atoms with Crippen LogP contribution in [-0.4, -0.2) is 82.9 Å². The topological polar surface area (TPSA) is 79.4 Å². The molecule has 180 valence electrons. The van der Waals surface area contributed by atoms with Crippen LogP contribution in [0.1, 0.15) is 11.1 Å². The van der Waals surface area contributed by atoms with Crippen molar-refractivity contribution in [1.82, 2.24) is 14.1 Å². The van der Waals surface area contributed by atoms with Crippen LogP contribution in [0.4, 0.5) is 0 Å². The van der Waals surface area contributed by atoms with E-state index in [0.717, 1.165) is 11.1 Å². The van der Waals surface area contributed by atoms with Gasteiger partial charge >= 0.3 is 0 Å². The third-order valence-electron chi connectivity index (χ3n) is 5.63. The third kappa shape index (κ3) is 5.97. The fourth-order valence-electron chi connectivity index (χ4n) is 3.70. The molecule has 33 heavy (non-hydrogen) atoms. The highest BCUT2D eigenvalue weighted by atomic mass is 35.5. The molecule has 1 aliphatic rings. The highest BCUT2D eigenvalue weighted by Crippen LogP contribution is 2.33. The number of nitrogens with zero attached hydrogens (tertiary/aromatic N) is 3. The summed E-state index contributed by atoms with van der Waals surface area (Å²) in [4.78, 5) is 16.9. The van der Waals surface area contributed by atoms with E-state index in [2.05, 4.69) is 0 Å². The molecule has 10 heteroatoms. The average molecular weight is 496 g/mol. The molecule has 0 N–H and O–H groups in total.